The third-order valence-corrected chi connectivity index (χ3v) is 2.70. The van der Waals surface area contributed by atoms with Crippen LogP contribution in [0.5, 0.6) is 0 Å². The molecule has 0 aliphatic heterocycles. The monoisotopic (exact) mass is 271 g/mol. The number of carboxylic acids is 1. The molecule has 20 heavy (non-hydrogen) atoms. The zero-order chi connectivity index (χ0) is 14.7. The van der Waals surface area contributed by atoms with Crippen LogP contribution in [0.15, 0.2) is 36.4 Å². The van der Waals surface area contributed by atoms with Crippen molar-refractivity contribution in [3.63, 3.8) is 0 Å². The highest BCUT2D eigenvalue weighted by Crippen LogP contribution is 2.27. The van der Waals surface area contributed by atoms with Crippen molar-refractivity contribution in [2.24, 2.45) is 0 Å². The minimum Gasteiger partial charge on any atom is -0.478 e. The third kappa shape index (κ3) is 2.52. The molecule has 6 heteroatoms. The van der Waals surface area contributed by atoms with Crippen molar-refractivity contribution >= 4 is 23.0 Å². The Labute approximate surface area is 114 Å². The Kier molecular flexibility index (Phi) is 3.53. The molecule has 0 saturated carbocycles. The summed E-state index contributed by atoms with van der Waals surface area (Å²) < 4.78 is 13.2. The first-order valence-corrected chi connectivity index (χ1v) is 5.61. The number of anilines is 3. The van der Waals surface area contributed by atoms with E-state index in [-0.39, 0.29) is 16.8 Å². The highest BCUT2D eigenvalue weighted by atomic mass is 19.1. The second-order valence-corrected chi connectivity index (χ2v) is 4.00. The van der Waals surface area contributed by atoms with Gasteiger partial charge in [-0.05, 0) is 30.3 Å². The molecular weight excluding hydrogens is 261 g/mol. The smallest absolute Gasteiger partial charge is 0.337 e. The summed E-state index contributed by atoms with van der Waals surface area (Å²) >= 11 is 0. The first kappa shape index (κ1) is 13.4. The van der Waals surface area contributed by atoms with Gasteiger partial charge in [-0.1, -0.05) is 6.07 Å². The third-order valence-electron chi connectivity index (χ3n) is 2.70. The van der Waals surface area contributed by atoms with Gasteiger partial charge in [0.15, 0.2) is 0 Å². The number of rotatable bonds is 3. The number of para-hydroxylation sites is 1. The van der Waals surface area contributed by atoms with Gasteiger partial charge < -0.3 is 16.2 Å². The molecule has 0 atom stereocenters. The molecule has 2 rings (SSSR count). The second-order valence-electron chi connectivity index (χ2n) is 4.00. The van der Waals surface area contributed by atoms with Crippen molar-refractivity contribution in [2.45, 2.75) is 0 Å². The van der Waals surface area contributed by atoms with Gasteiger partial charge in [-0.15, -0.1) is 0 Å². The Hall–Kier alpha value is -3.07. The first-order chi connectivity index (χ1) is 9.52. The predicted molar refractivity (Wildman–Crippen MR) is 72.2 cm³/mol. The van der Waals surface area contributed by atoms with Gasteiger partial charge in [-0.25, -0.2) is 9.18 Å². The second kappa shape index (κ2) is 5.28. The summed E-state index contributed by atoms with van der Waals surface area (Å²) in [6.45, 7) is 0. The van der Waals surface area contributed by atoms with Gasteiger partial charge in [0, 0.05) is 5.69 Å². The minimum atomic E-state index is -1.14. The van der Waals surface area contributed by atoms with Gasteiger partial charge in [0.2, 0.25) is 0 Å². The van der Waals surface area contributed by atoms with E-state index in [0.717, 1.165) is 6.07 Å². The average molecular weight is 271 g/mol. The number of aromatic carboxylic acids is 1. The van der Waals surface area contributed by atoms with Gasteiger partial charge in [0.05, 0.1) is 22.5 Å². The Morgan fingerprint density at radius 1 is 1.35 bits per heavy atom. The lowest BCUT2D eigenvalue weighted by molar-refractivity contribution is 0.0698. The van der Waals surface area contributed by atoms with Crippen LogP contribution in [0.1, 0.15) is 15.9 Å². The fourth-order valence-corrected chi connectivity index (χ4v) is 1.70. The summed E-state index contributed by atoms with van der Waals surface area (Å²) in [5.74, 6) is -1.76. The maximum absolute atomic E-state index is 13.2. The van der Waals surface area contributed by atoms with E-state index in [1.165, 1.54) is 24.3 Å². The lowest BCUT2D eigenvalue weighted by Gasteiger charge is -2.11. The number of carboxylic acid groups (broad SMARTS) is 1. The number of nitrogens with two attached hydrogens (primary N) is 1. The Bertz CT molecular complexity index is 723. The van der Waals surface area contributed by atoms with Crippen LogP contribution in [0.25, 0.3) is 0 Å². The molecule has 0 amide bonds. The van der Waals surface area contributed by atoms with Gasteiger partial charge in [0.25, 0.3) is 0 Å². The summed E-state index contributed by atoms with van der Waals surface area (Å²) in [6, 6.07) is 10.1. The molecule has 100 valence electrons. The number of carbonyl (C=O) groups is 1. The van der Waals surface area contributed by atoms with Crippen LogP contribution in [0.3, 0.4) is 0 Å². The van der Waals surface area contributed by atoms with E-state index in [1.54, 1.807) is 12.1 Å². The average Bonchev–Trinajstić information content (AvgIpc) is 2.42. The zero-order valence-electron chi connectivity index (χ0n) is 10.2. The van der Waals surface area contributed by atoms with Crippen LogP contribution < -0.4 is 11.1 Å². The Morgan fingerprint density at radius 3 is 2.75 bits per heavy atom. The van der Waals surface area contributed by atoms with E-state index in [1.807, 2.05) is 0 Å². The number of nitrogen functional groups attached to an aromatic ring is 1. The molecule has 0 heterocycles. The molecule has 5 nitrogen and oxygen atoms in total. The summed E-state index contributed by atoms with van der Waals surface area (Å²) in [5, 5.41) is 20.6. The maximum Gasteiger partial charge on any atom is 0.337 e. The SMILES string of the molecule is N#Cc1cc(Nc2cccc(C(=O)O)c2N)ccc1F. The number of hydrogen-bond donors (Lipinski definition) is 3. The fourth-order valence-electron chi connectivity index (χ4n) is 1.70. The predicted octanol–water partition coefficient (Wildman–Crippen LogP) is 2.72. The van der Waals surface area contributed by atoms with E-state index < -0.39 is 11.8 Å². The van der Waals surface area contributed by atoms with Crippen LogP contribution >= 0.6 is 0 Å². The number of benzene rings is 2. The van der Waals surface area contributed by atoms with Crippen LogP contribution in [-0.4, -0.2) is 11.1 Å². The summed E-state index contributed by atoms with van der Waals surface area (Å²) in [4.78, 5) is 11.0. The summed E-state index contributed by atoms with van der Waals surface area (Å²) in [5.41, 5.74) is 6.50. The van der Waals surface area contributed by atoms with E-state index in [0.29, 0.717) is 11.4 Å². The van der Waals surface area contributed by atoms with Crippen molar-refractivity contribution in [3.05, 3.63) is 53.3 Å². The number of nitrogens with zero attached hydrogens (tertiary/aromatic N) is 1. The zero-order valence-corrected chi connectivity index (χ0v) is 10.2. The molecule has 2 aromatic carbocycles. The molecule has 0 saturated heterocycles. The van der Waals surface area contributed by atoms with Crippen LogP contribution in [-0.2, 0) is 0 Å². The van der Waals surface area contributed by atoms with Gasteiger partial charge in [0.1, 0.15) is 11.9 Å². The van der Waals surface area contributed by atoms with Gasteiger partial charge in [-0.2, -0.15) is 5.26 Å². The largest absolute Gasteiger partial charge is 0.478 e. The molecule has 0 aromatic heterocycles. The first-order valence-electron chi connectivity index (χ1n) is 5.61. The van der Waals surface area contributed by atoms with E-state index >= 15 is 0 Å². The standard InChI is InChI=1S/C14H10FN3O2/c15-11-5-4-9(6-8(11)7-16)18-12-3-1-2-10(13(12)17)14(19)20/h1-6,18H,17H2,(H,19,20). The molecule has 0 aliphatic rings. The number of nitriles is 1. The van der Waals surface area contributed by atoms with Crippen molar-refractivity contribution in [1.82, 2.24) is 0 Å². The number of halogens is 1. The Balaban J connectivity index is 2.38. The van der Waals surface area contributed by atoms with Crippen LogP contribution in [0.4, 0.5) is 21.5 Å². The van der Waals surface area contributed by atoms with E-state index in [4.69, 9.17) is 16.1 Å². The number of hydrogen-bond acceptors (Lipinski definition) is 4. The van der Waals surface area contributed by atoms with Crippen molar-refractivity contribution in [3.8, 4) is 6.07 Å². The molecule has 0 aliphatic carbocycles. The lowest BCUT2D eigenvalue weighted by atomic mass is 10.1. The molecule has 0 bridgehead atoms. The fraction of sp³-hybridized carbons (Fsp3) is 0. The Morgan fingerprint density at radius 2 is 2.10 bits per heavy atom. The van der Waals surface area contributed by atoms with E-state index in [9.17, 15) is 9.18 Å². The normalized spacial score (nSPS) is 9.80. The topological polar surface area (TPSA) is 99.1 Å². The van der Waals surface area contributed by atoms with Crippen molar-refractivity contribution in [1.29, 1.82) is 5.26 Å². The summed E-state index contributed by atoms with van der Waals surface area (Å²) in [6.07, 6.45) is 0. The van der Waals surface area contributed by atoms with Crippen LogP contribution in [0, 0.1) is 17.1 Å². The molecule has 0 spiro atoms. The minimum absolute atomic E-state index is 0.0300. The van der Waals surface area contributed by atoms with Gasteiger partial charge in [-0.3, -0.25) is 0 Å². The highest BCUT2D eigenvalue weighted by molar-refractivity contribution is 5.97. The molecule has 0 radical (unpaired) electrons. The van der Waals surface area contributed by atoms with Crippen molar-refractivity contribution in [2.75, 3.05) is 11.1 Å². The molecular formula is C14H10FN3O2. The molecule has 0 fully saturated rings. The lowest BCUT2D eigenvalue weighted by Crippen LogP contribution is -2.05. The molecule has 0 unspecified atom stereocenters. The summed E-state index contributed by atoms with van der Waals surface area (Å²) in [7, 11) is 0. The maximum atomic E-state index is 13.2. The highest BCUT2D eigenvalue weighted by Gasteiger charge is 2.11. The van der Waals surface area contributed by atoms with Crippen molar-refractivity contribution < 1.29 is 14.3 Å². The quantitative estimate of drug-likeness (QED) is 0.745. The molecule has 2 aromatic rings. The van der Waals surface area contributed by atoms with Crippen LogP contribution in [0.2, 0.25) is 0 Å². The molecule has 4 N–H and O–H groups in total. The van der Waals surface area contributed by atoms with Gasteiger partial charge >= 0.3 is 5.97 Å². The van der Waals surface area contributed by atoms with E-state index in [2.05, 4.69) is 5.32 Å². The number of nitrogens with one attached hydrogen (secondary N) is 1.